The molecule has 2 aromatic rings. The molecular weight excluding hydrogens is 328 g/mol. The number of nitrogens with one attached hydrogen (secondary N) is 1. The van der Waals surface area contributed by atoms with Crippen LogP contribution in [-0.2, 0) is 6.42 Å². The van der Waals surface area contributed by atoms with Crippen molar-refractivity contribution >= 4 is 21.6 Å². The number of hydrogen-bond donors (Lipinski definition) is 1. The number of ether oxygens (including phenoxy) is 1. The van der Waals surface area contributed by atoms with Gasteiger partial charge in [0.2, 0.25) is 5.88 Å². The van der Waals surface area contributed by atoms with Crippen molar-refractivity contribution in [1.29, 1.82) is 0 Å². The van der Waals surface area contributed by atoms with Crippen LogP contribution in [0.25, 0.3) is 0 Å². The van der Waals surface area contributed by atoms with Crippen molar-refractivity contribution < 1.29 is 4.74 Å². The Labute approximate surface area is 133 Å². The quantitative estimate of drug-likeness (QED) is 0.868. The number of hydrogen-bond acceptors (Lipinski definition) is 3. The number of aryl methyl sites for hydroxylation is 1. The third kappa shape index (κ3) is 3.21. The maximum Gasteiger partial charge on any atom is 0.237 e. The number of rotatable bonds is 4. The molecule has 1 heterocycles. The second-order valence-electron chi connectivity index (χ2n) is 5.60. The number of halogens is 1. The third-order valence-corrected chi connectivity index (χ3v) is 4.12. The van der Waals surface area contributed by atoms with Crippen molar-refractivity contribution in [3.05, 3.63) is 52.1 Å². The molecule has 0 fully saturated rings. The van der Waals surface area contributed by atoms with Crippen molar-refractivity contribution in [3.63, 3.8) is 0 Å². The fraction of sp³-hybridized carbons (Fsp3) is 0.353. The van der Waals surface area contributed by atoms with Crippen LogP contribution in [0, 0.1) is 0 Å². The second kappa shape index (κ2) is 6.06. The fourth-order valence-electron chi connectivity index (χ4n) is 2.74. The normalized spacial score (nSPS) is 16.9. The zero-order valence-corrected chi connectivity index (χ0v) is 13.9. The molecule has 0 aliphatic heterocycles. The largest absolute Gasteiger partial charge is 0.473 e. The summed E-state index contributed by atoms with van der Waals surface area (Å²) < 4.78 is 6.93. The Morgan fingerprint density at radius 3 is 3.00 bits per heavy atom. The van der Waals surface area contributed by atoms with E-state index in [0.717, 1.165) is 23.0 Å². The van der Waals surface area contributed by atoms with Crippen LogP contribution in [-0.4, -0.2) is 11.1 Å². The molecule has 1 N–H and O–H groups in total. The van der Waals surface area contributed by atoms with Crippen molar-refractivity contribution in [3.8, 4) is 5.88 Å². The van der Waals surface area contributed by atoms with Crippen LogP contribution in [0.15, 0.2) is 41.0 Å². The average molecular weight is 347 g/mol. The first-order valence-corrected chi connectivity index (χ1v) is 8.09. The van der Waals surface area contributed by atoms with Gasteiger partial charge in [-0.15, -0.1) is 0 Å². The molecule has 21 heavy (non-hydrogen) atoms. The highest BCUT2D eigenvalue weighted by molar-refractivity contribution is 9.10. The van der Waals surface area contributed by atoms with Gasteiger partial charge in [0, 0.05) is 10.7 Å². The SMILES string of the molecule is CC(C)Oc1ncccc1NC1CCc2cc(Br)ccc21. The third-order valence-electron chi connectivity index (χ3n) is 3.63. The van der Waals surface area contributed by atoms with E-state index in [0.29, 0.717) is 11.9 Å². The molecule has 1 atom stereocenters. The van der Waals surface area contributed by atoms with Crippen molar-refractivity contribution in [2.45, 2.75) is 38.8 Å². The Morgan fingerprint density at radius 2 is 2.19 bits per heavy atom. The summed E-state index contributed by atoms with van der Waals surface area (Å²) in [6.45, 7) is 4.03. The van der Waals surface area contributed by atoms with E-state index in [1.165, 1.54) is 11.1 Å². The van der Waals surface area contributed by atoms with Crippen LogP contribution in [0.2, 0.25) is 0 Å². The first kappa shape index (κ1) is 14.4. The average Bonchev–Trinajstić information content (AvgIpc) is 2.83. The Kier molecular flexibility index (Phi) is 4.15. The van der Waals surface area contributed by atoms with Gasteiger partial charge in [-0.05, 0) is 62.1 Å². The van der Waals surface area contributed by atoms with E-state index in [1.54, 1.807) is 6.20 Å². The predicted molar refractivity (Wildman–Crippen MR) is 88.8 cm³/mol. The monoisotopic (exact) mass is 346 g/mol. The highest BCUT2D eigenvalue weighted by atomic mass is 79.9. The molecule has 1 aromatic carbocycles. The van der Waals surface area contributed by atoms with Gasteiger partial charge in [-0.3, -0.25) is 0 Å². The van der Waals surface area contributed by atoms with E-state index in [2.05, 4.69) is 44.4 Å². The first-order valence-electron chi connectivity index (χ1n) is 7.30. The maximum atomic E-state index is 5.78. The summed E-state index contributed by atoms with van der Waals surface area (Å²) in [4.78, 5) is 4.34. The Hall–Kier alpha value is -1.55. The summed E-state index contributed by atoms with van der Waals surface area (Å²) >= 11 is 3.54. The highest BCUT2D eigenvalue weighted by Gasteiger charge is 2.23. The molecule has 0 bridgehead atoms. The molecule has 3 nitrogen and oxygen atoms in total. The van der Waals surface area contributed by atoms with Gasteiger partial charge in [-0.25, -0.2) is 4.98 Å². The van der Waals surface area contributed by atoms with E-state index in [9.17, 15) is 0 Å². The lowest BCUT2D eigenvalue weighted by Crippen LogP contribution is -2.12. The zero-order chi connectivity index (χ0) is 14.8. The number of benzene rings is 1. The van der Waals surface area contributed by atoms with Gasteiger partial charge in [0.25, 0.3) is 0 Å². The lowest BCUT2D eigenvalue weighted by Gasteiger charge is -2.19. The summed E-state index contributed by atoms with van der Waals surface area (Å²) in [6.07, 6.45) is 4.09. The lowest BCUT2D eigenvalue weighted by molar-refractivity contribution is 0.234. The summed E-state index contributed by atoms with van der Waals surface area (Å²) in [5.41, 5.74) is 3.75. The molecule has 0 radical (unpaired) electrons. The maximum absolute atomic E-state index is 5.78. The topological polar surface area (TPSA) is 34.1 Å². The van der Waals surface area contributed by atoms with Crippen LogP contribution >= 0.6 is 15.9 Å². The minimum Gasteiger partial charge on any atom is -0.473 e. The van der Waals surface area contributed by atoms with Crippen molar-refractivity contribution in [1.82, 2.24) is 4.98 Å². The minimum atomic E-state index is 0.118. The standard InChI is InChI=1S/C17H19BrN2O/c1-11(2)21-17-16(4-3-9-19-17)20-15-8-5-12-10-13(18)6-7-14(12)15/h3-4,6-7,9-11,15,20H,5,8H2,1-2H3. The number of anilines is 1. The summed E-state index contributed by atoms with van der Waals surface area (Å²) in [5, 5.41) is 3.59. The molecule has 0 saturated heterocycles. The van der Waals surface area contributed by atoms with Gasteiger partial charge in [0.15, 0.2) is 0 Å². The molecule has 0 spiro atoms. The summed E-state index contributed by atoms with van der Waals surface area (Å²) in [5.74, 6) is 0.679. The van der Waals surface area contributed by atoms with Crippen LogP contribution in [0.5, 0.6) is 5.88 Å². The molecule has 3 rings (SSSR count). The van der Waals surface area contributed by atoms with Gasteiger partial charge >= 0.3 is 0 Å². The minimum absolute atomic E-state index is 0.118. The predicted octanol–water partition coefficient (Wildman–Crippen LogP) is 4.73. The van der Waals surface area contributed by atoms with E-state index < -0.39 is 0 Å². The zero-order valence-electron chi connectivity index (χ0n) is 12.3. The Morgan fingerprint density at radius 1 is 1.33 bits per heavy atom. The van der Waals surface area contributed by atoms with Gasteiger partial charge in [0.05, 0.1) is 17.8 Å². The molecule has 0 saturated carbocycles. The molecule has 4 heteroatoms. The number of pyridine rings is 1. The second-order valence-corrected chi connectivity index (χ2v) is 6.52. The molecule has 1 aliphatic carbocycles. The van der Waals surface area contributed by atoms with Crippen molar-refractivity contribution in [2.75, 3.05) is 5.32 Å². The van der Waals surface area contributed by atoms with Crippen molar-refractivity contribution in [2.24, 2.45) is 0 Å². The van der Waals surface area contributed by atoms with Gasteiger partial charge < -0.3 is 10.1 Å². The lowest BCUT2D eigenvalue weighted by atomic mass is 10.1. The van der Waals surface area contributed by atoms with Gasteiger partial charge in [-0.1, -0.05) is 22.0 Å². The number of fused-ring (bicyclic) bond motifs is 1. The van der Waals surface area contributed by atoms with E-state index in [4.69, 9.17) is 4.74 Å². The molecule has 110 valence electrons. The fourth-order valence-corrected chi connectivity index (χ4v) is 3.15. The van der Waals surface area contributed by atoms with E-state index >= 15 is 0 Å². The van der Waals surface area contributed by atoms with Gasteiger partial charge in [-0.2, -0.15) is 0 Å². The van der Waals surface area contributed by atoms with Crippen LogP contribution in [0.3, 0.4) is 0 Å². The smallest absolute Gasteiger partial charge is 0.237 e. The Bertz CT molecular complexity index is 642. The van der Waals surface area contributed by atoms with E-state index in [1.807, 2.05) is 26.0 Å². The molecule has 0 amide bonds. The van der Waals surface area contributed by atoms with Crippen LogP contribution < -0.4 is 10.1 Å². The first-order chi connectivity index (χ1) is 10.1. The van der Waals surface area contributed by atoms with Gasteiger partial charge in [0.1, 0.15) is 0 Å². The highest BCUT2D eigenvalue weighted by Crippen LogP contribution is 2.37. The summed E-state index contributed by atoms with van der Waals surface area (Å²) in [7, 11) is 0. The summed E-state index contributed by atoms with van der Waals surface area (Å²) in [6, 6.07) is 10.8. The van der Waals surface area contributed by atoms with Crippen LogP contribution in [0.4, 0.5) is 5.69 Å². The van der Waals surface area contributed by atoms with Crippen LogP contribution in [0.1, 0.15) is 37.4 Å². The van der Waals surface area contributed by atoms with E-state index in [-0.39, 0.29) is 6.10 Å². The number of aromatic nitrogens is 1. The molecule has 1 unspecified atom stereocenters. The molecule has 1 aromatic heterocycles. The number of nitrogens with zero attached hydrogens (tertiary/aromatic N) is 1. The molecule has 1 aliphatic rings. The molecular formula is C17H19BrN2O. The Balaban J connectivity index is 1.83.